The average molecular weight is 723 g/mol. The van der Waals surface area contributed by atoms with E-state index >= 15 is 0 Å². The molecule has 0 bridgehead atoms. The van der Waals surface area contributed by atoms with Crippen LogP contribution in [-0.4, -0.2) is 66.3 Å². The van der Waals surface area contributed by atoms with Gasteiger partial charge in [-0.1, -0.05) is 125 Å². The molecule has 0 spiro atoms. The zero-order chi connectivity index (χ0) is 36.8. The minimum absolute atomic E-state index is 0.00589. The minimum atomic E-state index is -4.54. The fraction of sp³-hybridized carbons (Fsp3) is 0.625. The molecular weight excluding hydrogens is 655 g/mol. The SMILES string of the molecule is CC/C=C\C/C=C\C/C=C\C/C=C\CCC(=O)OC(COCCCCCCCC/C=C\C/C=C\C/C=C\CC)COP(=O)(O)OCC(O)CO. The van der Waals surface area contributed by atoms with Crippen LogP contribution in [0.2, 0.25) is 0 Å². The van der Waals surface area contributed by atoms with Gasteiger partial charge < -0.3 is 24.6 Å². The maximum Gasteiger partial charge on any atom is 0.472 e. The van der Waals surface area contributed by atoms with Gasteiger partial charge in [0, 0.05) is 13.0 Å². The second-order valence-electron chi connectivity index (χ2n) is 11.8. The maximum atomic E-state index is 12.5. The summed E-state index contributed by atoms with van der Waals surface area (Å²) in [6.45, 7) is 3.11. The molecule has 3 atom stereocenters. The quantitative estimate of drug-likeness (QED) is 0.0257. The van der Waals surface area contributed by atoms with Crippen LogP contribution in [0.1, 0.15) is 117 Å². The van der Waals surface area contributed by atoms with E-state index in [1.54, 1.807) is 0 Å². The number of phosphoric acid groups is 1. The zero-order valence-corrected chi connectivity index (χ0v) is 31.7. The lowest BCUT2D eigenvalue weighted by Crippen LogP contribution is -2.29. The molecule has 0 fully saturated rings. The van der Waals surface area contributed by atoms with E-state index in [9.17, 15) is 19.4 Å². The highest BCUT2D eigenvalue weighted by atomic mass is 31.2. The van der Waals surface area contributed by atoms with Gasteiger partial charge in [0.25, 0.3) is 0 Å². The highest BCUT2D eigenvalue weighted by Crippen LogP contribution is 2.43. The lowest BCUT2D eigenvalue weighted by Gasteiger charge is -2.20. The van der Waals surface area contributed by atoms with E-state index in [1.807, 2.05) is 12.2 Å². The largest absolute Gasteiger partial charge is 0.472 e. The van der Waals surface area contributed by atoms with Crippen molar-refractivity contribution in [2.75, 3.05) is 33.0 Å². The highest BCUT2D eigenvalue weighted by molar-refractivity contribution is 7.47. The number of aliphatic hydroxyl groups excluding tert-OH is 2. The second kappa shape index (κ2) is 36.4. The molecule has 50 heavy (non-hydrogen) atoms. The normalized spacial score (nSPS) is 15.2. The van der Waals surface area contributed by atoms with E-state index in [1.165, 1.54) is 19.3 Å². The Kier molecular flexibility index (Phi) is 34.7. The molecule has 10 heteroatoms. The summed E-state index contributed by atoms with van der Waals surface area (Å²) in [4.78, 5) is 22.4. The number of rotatable bonds is 34. The molecular formula is C40H67O9P. The number of carbonyl (C=O) groups excluding carboxylic acids is 1. The van der Waals surface area contributed by atoms with Gasteiger partial charge in [-0.2, -0.15) is 0 Å². The van der Waals surface area contributed by atoms with Crippen LogP contribution in [0.5, 0.6) is 0 Å². The van der Waals surface area contributed by atoms with Crippen LogP contribution in [0.15, 0.2) is 85.1 Å². The van der Waals surface area contributed by atoms with Crippen molar-refractivity contribution in [2.24, 2.45) is 0 Å². The van der Waals surface area contributed by atoms with Gasteiger partial charge in [-0.25, -0.2) is 4.57 Å². The molecule has 0 heterocycles. The Morgan fingerprint density at radius 3 is 1.62 bits per heavy atom. The van der Waals surface area contributed by atoms with Crippen molar-refractivity contribution in [1.29, 1.82) is 0 Å². The molecule has 0 saturated carbocycles. The third kappa shape index (κ3) is 35.5. The standard InChI is InChI=1S/C40H67O9P/c1-3-5-7-9-11-13-15-17-18-19-21-23-25-27-29-31-33-46-36-39(37-48-50(44,45)47-35-38(42)34-41)49-40(43)32-30-28-26-24-22-20-16-14-12-10-8-6-4-2/h5-8,11-14,17-18,20,22,26,28,38-39,41-42H,3-4,9-10,15-16,19,21,23-25,27,29-37H2,1-2H3,(H,44,45)/b7-5-,8-6-,13-11-,14-12-,18-17-,22-20-,28-26-. The summed E-state index contributed by atoms with van der Waals surface area (Å²) in [5.41, 5.74) is 0. The van der Waals surface area contributed by atoms with Crippen molar-refractivity contribution in [1.82, 2.24) is 0 Å². The third-order valence-electron chi connectivity index (χ3n) is 7.09. The van der Waals surface area contributed by atoms with E-state index in [4.69, 9.17) is 23.6 Å². The summed E-state index contributed by atoms with van der Waals surface area (Å²) in [6, 6.07) is 0. The summed E-state index contributed by atoms with van der Waals surface area (Å²) >= 11 is 0. The Morgan fingerprint density at radius 1 is 0.620 bits per heavy atom. The van der Waals surface area contributed by atoms with Crippen molar-refractivity contribution in [3.63, 3.8) is 0 Å². The first-order chi connectivity index (χ1) is 24.3. The van der Waals surface area contributed by atoms with Gasteiger partial charge in [0.15, 0.2) is 0 Å². The summed E-state index contributed by atoms with van der Waals surface area (Å²) < 4.78 is 33.1. The molecule has 9 nitrogen and oxygen atoms in total. The maximum absolute atomic E-state index is 12.5. The molecule has 0 saturated heterocycles. The second-order valence-corrected chi connectivity index (χ2v) is 13.3. The Morgan fingerprint density at radius 2 is 1.08 bits per heavy atom. The van der Waals surface area contributed by atoms with Crippen LogP contribution >= 0.6 is 7.82 Å². The first kappa shape index (κ1) is 47.6. The van der Waals surface area contributed by atoms with Gasteiger partial charge in [-0.05, 0) is 70.6 Å². The van der Waals surface area contributed by atoms with Gasteiger partial charge in [0.2, 0.25) is 0 Å². The van der Waals surface area contributed by atoms with Gasteiger partial charge in [-0.15, -0.1) is 0 Å². The number of ether oxygens (including phenoxy) is 2. The molecule has 0 rings (SSSR count). The van der Waals surface area contributed by atoms with Gasteiger partial charge >= 0.3 is 13.8 Å². The molecule has 0 aliphatic rings. The van der Waals surface area contributed by atoms with Gasteiger partial charge in [0.1, 0.15) is 12.2 Å². The van der Waals surface area contributed by atoms with Crippen molar-refractivity contribution in [3.05, 3.63) is 85.1 Å². The summed E-state index contributed by atoms with van der Waals surface area (Å²) in [5, 5.41) is 18.3. The average Bonchev–Trinajstić information content (AvgIpc) is 3.10. The fourth-order valence-corrected chi connectivity index (χ4v) is 5.11. The van der Waals surface area contributed by atoms with E-state index < -0.39 is 45.8 Å². The van der Waals surface area contributed by atoms with Crippen molar-refractivity contribution in [2.45, 2.75) is 129 Å². The molecule has 0 aliphatic heterocycles. The first-order valence-corrected chi connectivity index (χ1v) is 20.1. The number of allylic oxidation sites excluding steroid dienone is 14. The van der Waals surface area contributed by atoms with Crippen LogP contribution < -0.4 is 0 Å². The van der Waals surface area contributed by atoms with Crippen molar-refractivity contribution >= 4 is 13.8 Å². The van der Waals surface area contributed by atoms with Crippen molar-refractivity contribution in [3.8, 4) is 0 Å². The molecule has 0 aromatic rings. The van der Waals surface area contributed by atoms with E-state index in [2.05, 4.69) is 86.8 Å². The Bertz CT molecular complexity index is 1050. The zero-order valence-electron chi connectivity index (χ0n) is 30.8. The van der Waals surface area contributed by atoms with Crippen LogP contribution in [-0.2, 0) is 27.9 Å². The number of hydrogen-bond donors (Lipinski definition) is 3. The smallest absolute Gasteiger partial charge is 0.457 e. The van der Waals surface area contributed by atoms with E-state index in [0.29, 0.717) is 13.0 Å². The summed E-state index contributed by atoms with van der Waals surface area (Å²) in [7, 11) is -4.54. The molecule has 0 aromatic carbocycles. The van der Waals surface area contributed by atoms with Crippen LogP contribution in [0.4, 0.5) is 0 Å². The lowest BCUT2D eigenvalue weighted by molar-refractivity contribution is -0.154. The molecule has 0 aliphatic carbocycles. The fourth-order valence-electron chi connectivity index (χ4n) is 4.32. The Balaban J connectivity index is 4.38. The monoisotopic (exact) mass is 722 g/mol. The number of unbranched alkanes of at least 4 members (excludes halogenated alkanes) is 6. The summed E-state index contributed by atoms with van der Waals surface area (Å²) in [5.74, 6) is -0.472. The highest BCUT2D eigenvalue weighted by Gasteiger charge is 2.26. The van der Waals surface area contributed by atoms with Crippen LogP contribution in [0, 0.1) is 0 Å². The first-order valence-electron chi connectivity index (χ1n) is 18.6. The number of carbonyl (C=O) groups is 1. The topological polar surface area (TPSA) is 132 Å². The van der Waals surface area contributed by atoms with E-state index in [0.717, 1.165) is 70.6 Å². The molecule has 3 unspecified atom stereocenters. The molecule has 0 radical (unpaired) electrons. The molecule has 0 aromatic heterocycles. The predicted octanol–water partition coefficient (Wildman–Crippen LogP) is 9.58. The third-order valence-corrected chi connectivity index (χ3v) is 8.04. The van der Waals surface area contributed by atoms with Crippen molar-refractivity contribution < 1.29 is 43.0 Å². The molecule has 3 N–H and O–H groups in total. The minimum Gasteiger partial charge on any atom is -0.457 e. The number of esters is 1. The number of aliphatic hydroxyl groups is 2. The van der Waals surface area contributed by atoms with Crippen LogP contribution in [0.25, 0.3) is 0 Å². The predicted molar refractivity (Wildman–Crippen MR) is 205 cm³/mol. The van der Waals surface area contributed by atoms with Gasteiger partial charge in [0.05, 0.1) is 26.4 Å². The van der Waals surface area contributed by atoms with E-state index in [-0.39, 0.29) is 13.0 Å². The summed E-state index contributed by atoms with van der Waals surface area (Å²) in [6.07, 6.45) is 42.7. The lowest BCUT2D eigenvalue weighted by atomic mass is 10.1. The Hall–Kier alpha value is -2.36. The van der Waals surface area contributed by atoms with Crippen LogP contribution in [0.3, 0.4) is 0 Å². The van der Waals surface area contributed by atoms with Gasteiger partial charge in [-0.3, -0.25) is 13.8 Å². The molecule has 0 amide bonds. The number of hydrogen-bond acceptors (Lipinski definition) is 8. The Labute approximate surface area is 303 Å². The number of phosphoric ester groups is 1. The molecule has 286 valence electrons.